The van der Waals surface area contributed by atoms with Gasteiger partial charge in [-0.05, 0) is 42.2 Å². The van der Waals surface area contributed by atoms with Crippen molar-refractivity contribution in [2.45, 2.75) is 30.5 Å². The van der Waals surface area contributed by atoms with Crippen LogP contribution in [0.3, 0.4) is 0 Å². The lowest BCUT2D eigenvalue weighted by atomic mass is 10.0. The van der Waals surface area contributed by atoms with Gasteiger partial charge in [-0.1, -0.05) is 36.4 Å². The largest absolute Gasteiger partial charge is 0.416 e. The molecular weight excluding hydrogens is 483 g/mol. The molecule has 0 amide bonds. The molecular formula is C24H22F3N3O4S. The highest BCUT2D eigenvalue weighted by atomic mass is 32.2. The van der Waals surface area contributed by atoms with E-state index >= 15 is 0 Å². The molecule has 7 nitrogen and oxygen atoms in total. The minimum atomic E-state index is -4.47. The first-order chi connectivity index (χ1) is 16.5. The molecule has 0 aliphatic carbocycles. The average Bonchev–Trinajstić information content (AvgIpc) is 3.37. The number of nitrogen functional groups attached to an aromatic ring is 1. The molecule has 0 spiro atoms. The highest BCUT2D eigenvalue weighted by Crippen LogP contribution is 2.32. The fourth-order valence-corrected chi connectivity index (χ4v) is 5.51. The van der Waals surface area contributed by atoms with Crippen LogP contribution >= 0.6 is 0 Å². The first kappa shape index (κ1) is 24.7. The molecule has 0 saturated carbocycles. The van der Waals surface area contributed by atoms with Crippen LogP contribution in [0.5, 0.6) is 0 Å². The highest BCUT2D eigenvalue weighted by molar-refractivity contribution is 7.89. The Morgan fingerprint density at radius 2 is 1.63 bits per heavy atom. The van der Waals surface area contributed by atoms with Gasteiger partial charge in [0.15, 0.2) is 5.78 Å². The molecule has 4 rings (SSSR count). The number of rotatable bonds is 6. The molecule has 2 N–H and O–H groups in total. The van der Waals surface area contributed by atoms with Gasteiger partial charge in [0.25, 0.3) is 5.56 Å². The molecule has 1 aromatic heterocycles. The Labute approximate surface area is 199 Å². The Bertz CT molecular complexity index is 1430. The molecule has 0 unspecified atom stereocenters. The zero-order chi connectivity index (χ0) is 25.4. The highest BCUT2D eigenvalue weighted by Gasteiger charge is 2.30. The molecule has 2 heterocycles. The standard InChI is InChI=1S/C24H22F3N3O4S/c25-24(26,27)19-5-3-4-18(12-19)16-6-8-17(9-7-16)22(31)15-29-14-20(13-21(28)23(29)32)35(33,34)30-10-1-2-11-30/h3-9,12-14H,1-2,10-11,15,28H2. The van der Waals surface area contributed by atoms with Gasteiger partial charge in [-0.25, -0.2) is 8.42 Å². The van der Waals surface area contributed by atoms with Gasteiger partial charge < -0.3 is 10.3 Å². The summed E-state index contributed by atoms with van der Waals surface area (Å²) in [5, 5.41) is 0. The summed E-state index contributed by atoms with van der Waals surface area (Å²) in [6.07, 6.45) is -1.88. The normalized spacial score (nSPS) is 14.8. The van der Waals surface area contributed by atoms with Crippen molar-refractivity contribution in [2.75, 3.05) is 18.8 Å². The van der Waals surface area contributed by atoms with Gasteiger partial charge >= 0.3 is 6.18 Å². The van der Waals surface area contributed by atoms with Crippen LogP contribution in [-0.2, 0) is 22.7 Å². The van der Waals surface area contributed by atoms with Gasteiger partial charge in [-0.3, -0.25) is 9.59 Å². The zero-order valence-corrected chi connectivity index (χ0v) is 19.3. The molecule has 1 saturated heterocycles. The molecule has 0 atom stereocenters. The average molecular weight is 506 g/mol. The minimum absolute atomic E-state index is 0.163. The number of carbonyl (C=O) groups excluding carboxylic acids is 1. The third-order valence-electron chi connectivity index (χ3n) is 5.84. The van der Waals surface area contributed by atoms with E-state index in [4.69, 9.17) is 5.73 Å². The summed E-state index contributed by atoms with van der Waals surface area (Å²) in [6, 6.07) is 11.8. The van der Waals surface area contributed by atoms with Crippen LogP contribution in [0, 0.1) is 0 Å². The molecule has 11 heteroatoms. The van der Waals surface area contributed by atoms with Gasteiger partial charge in [-0.2, -0.15) is 17.5 Å². The van der Waals surface area contributed by atoms with Gasteiger partial charge in [0.05, 0.1) is 17.8 Å². The van der Waals surface area contributed by atoms with Crippen molar-refractivity contribution in [1.82, 2.24) is 8.87 Å². The Morgan fingerprint density at radius 1 is 0.971 bits per heavy atom. The molecule has 0 radical (unpaired) electrons. The summed E-state index contributed by atoms with van der Waals surface area (Å²) in [5.74, 6) is -0.488. The van der Waals surface area contributed by atoms with Gasteiger partial charge in [0, 0.05) is 24.8 Å². The van der Waals surface area contributed by atoms with E-state index in [1.54, 1.807) is 0 Å². The third-order valence-corrected chi connectivity index (χ3v) is 7.70. The number of nitrogens with two attached hydrogens (primary N) is 1. The van der Waals surface area contributed by atoms with Crippen molar-refractivity contribution in [1.29, 1.82) is 0 Å². The van der Waals surface area contributed by atoms with Gasteiger partial charge in [0.2, 0.25) is 10.0 Å². The van der Waals surface area contributed by atoms with Crippen molar-refractivity contribution in [3.63, 3.8) is 0 Å². The zero-order valence-electron chi connectivity index (χ0n) is 18.5. The molecule has 35 heavy (non-hydrogen) atoms. The first-order valence-electron chi connectivity index (χ1n) is 10.8. The van der Waals surface area contributed by atoms with Crippen LogP contribution in [0.25, 0.3) is 11.1 Å². The van der Waals surface area contributed by atoms with E-state index in [1.807, 2.05) is 0 Å². The van der Waals surface area contributed by atoms with Crippen LogP contribution in [0.1, 0.15) is 28.8 Å². The fraction of sp³-hybridized carbons (Fsp3) is 0.250. The van der Waals surface area contributed by atoms with Crippen molar-refractivity contribution in [3.8, 4) is 11.1 Å². The topological polar surface area (TPSA) is 102 Å². The fourth-order valence-electron chi connectivity index (χ4n) is 3.94. The van der Waals surface area contributed by atoms with Crippen LogP contribution < -0.4 is 11.3 Å². The molecule has 184 valence electrons. The number of anilines is 1. The number of carbonyl (C=O) groups is 1. The number of benzene rings is 2. The summed E-state index contributed by atoms with van der Waals surface area (Å²) in [5.41, 5.74) is 5.00. The second kappa shape index (κ2) is 9.31. The number of aromatic nitrogens is 1. The number of sulfonamides is 1. The summed E-state index contributed by atoms with van der Waals surface area (Å²) >= 11 is 0. The smallest absolute Gasteiger partial charge is 0.394 e. The lowest BCUT2D eigenvalue weighted by molar-refractivity contribution is -0.137. The van der Waals surface area contributed by atoms with Crippen molar-refractivity contribution >= 4 is 21.5 Å². The number of ketones is 1. The molecule has 1 aliphatic heterocycles. The summed E-state index contributed by atoms with van der Waals surface area (Å²) in [7, 11) is -3.85. The van der Waals surface area contributed by atoms with Gasteiger partial charge in [0.1, 0.15) is 4.90 Å². The summed E-state index contributed by atoms with van der Waals surface area (Å²) < 4.78 is 67.0. The third kappa shape index (κ3) is 5.15. The quantitative estimate of drug-likeness (QED) is 0.514. The van der Waals surface area contributed by atoms with Crippen LogP contribution in [0.15, 0.2) is 70.5 Å². The van der Waals surface area contributed by atoms with Crippen LogP contribution in [0.2, 0.25) is 0 Å². The van der Waals surface area contributed by atoms with Crippen molar-refractivity contribution < 1.29 is 26.4 Å². The first-order valence-corrected chi connectivity index (χ1v) is 12.2. The SMILES string of the molecule is Nc1cc(S(=O)(=O)N2CCCC2)cn(CC(=O)c2ccc(-c3cccc(C(F)(F)F)c3)cc2)c1=O. The number of halogens is 3. The maximum atomic E-state index is 13.0. The molecule has 1 aliphatic rings. The van der Waals surface area contributed by atoms with E-state index < -0.39 is 39.7 Å². The summed E-state index contributed by atoms with van der Waals surface area (Å²) in [4.78, 5) is 25.1. The predicted octanol–water partition coefficient (Wildman–Crippen LogP) is 3.78. The lowest BCUT2D eigenvalue weighted by Crippen LogP contribution is -2.31. The maximum absolute atomic E-state index is 13.0. The molecule has 2 aromatic carbocycles. The number of hydrogen-bond acceptors (Lipinski definition) is 5. The molecule has 3 aromatic rings. The van der Waals surface area contributed by atoms with Crippen molar-refractivity contribution in [3.05, 3.63) is 82.3 Å². The number of alkyl halides is 3. The van der Waals surface area contributed by atoms with E-state index in [0.717, 1.165) is 41.8 Å². The Kier molecular flexibility index (Phi) is 6.56. The maximum Gasteiger partial charge on any atom is 0.416 e. The summed E-state index contributed by atoms with van der Waals surface area (Å²) in [6.45, 7) is 0.298. The second-order valence-corrected chi connectivity index (χ2v) is 10.2. The Hall–Kier alpha value is -3.44. The van der Waals surface area contributed by atoms with Crippen LogP contribution in [-0.4, -0.2) is 36.2 Å². The number of pyridine rings is 1. The van der Waals surface area contributed by atoms with E-state index in [-0.39, 0.29) is 16.1 Å². The van der Waals surface area contributed by atoms with E-state index in [2.05, 4.69) is 0 Å². The van der Waals surface area contributed by atoms with Crippen LogP contribution in [0.4, 0.5) is 18.9 Å². The van der Waals surface area contributed by atoms with Crippen molar-refractivity contribution in [2.24, 2.45) is 0 Å². The monoisotopic (exact) mass is 505 g/mol. The lowest BCUT2D eigenvalue weighted by Gasteiger charge is -2.17. The van der Waals surface area contributed by atoms with E-state index in [9.17, 15) is 31.2 Å². The van der Waals surface area contributed by atoms with Gasteiger partial charge in [-0.15, -0.1) is 0 Å². The molecule has 1 fully saturated rings. The Balaban J connectivity index is 1.58. The number of nitrogens with zero attached hydrogens (tertiary/aromatic N) is 2. The second-order valence-electron chi connectivity index (χ2n) is 8.25. The van der Waals surface area contributed by atoms with E-state index in [0.29, 0.717) is 24.2 Å². The number of Topliss-reactive ketones (excluding diaryl/α,β-unsaturated/α-hetero) is 1. The van der Waals surface area contributed by atoms with E-state index in [1.165, 1.54) is 40.7 Å². The minimum Gasteiger partial charge on any atom is -0.394 e. The predicted molar refractivity (Wildman–Crippen MR) is 124 cm³/mol. The Morgan fingerprint density at radius 3 is 2.26 bits per heavy atom. The molecule has 0 bridgehead atoms. The number of hydrogen-bond donors (Lipinski definition) is 1.